The van der Waals surface area contributed by atoms with Gasteiger partial charge in [0.15, 0.2) is 8.68 Å². The molecule has 8 heteroatoms. The van der Waals surface area contributed by atoms with Gasteiger partial charge in [0.1, 0.15) is 0 Å². The number of thioether (sulfide) groups is 2. The van der Waals surface area contributed by atoms with Crippen molar-refractivity contribution in [2.24, 2.45) is 0 Å². The van der Waals surface area contributed by atoms with Crippen molar-refractivity contribution in [3.8, 4) is 0 Å². The number of para-hydroxylation sites is 1. The van der Waals surface area contributed by atoms with Gasteiger partial charge < -0.3 is 0 Å². The largest absolute Gasteiger partial charge is 0.284 e. The maximum Gasteiger partial charge on any atom is 0.241 e. The fraction of sp³-hybridized carbons (Fsp3) is 0.190. The zero-order valence-electron chi connectivity index (χ0n) is 15.9. The van der Waals surface area contributed by atoms with Crippen LogP contribution in [0.15, 0.2) is 57.2 Å². The van der Waals surface area contributed by atoms with E-state index in [0.29, 0.717) is 5.75 Å². The quantitative estimate of drug-likeness (QED) is 0.308. The second kappa shape index (κ2) is 8.92. The highest BCUT2D eigenvalue weighted by Gasteiger charge is 2.17. The van der Waals surface area contributed by atoms with Crippen LogP contribution in [0, 0.1) is 13.8 Å². The predicted molar refractivity (Wildman–Crippen MR) is 124 cm³/mol. The van der Waals surface area contributed by atoms with E-state index in [0.717, 1.165) is 41.6 Å². The van der Waals surface area contributed by atoms with Crippen LogP contribution in [0.5, 0.6) is 0 Å². The molecule has 29 heavy (non-hydrogen) atoms. The normalized spacial score (nSPS) is 11.3. The van der Waals surface area contributed by atoms with Crippen LogP contribution in [-0.2, 0) is 5.75 Å². The standard InChI is InChI=1S/C21H18ClN3OS3/c1-13-14(2)25(18-6-4-3-5-17(13)18)19(26)12-28-21-24-23-20(29-21)27-11-15-7-9-16(22)10-8-15/h3-10H,11-12H2,1-2H3. The Hall–Kier alpha value is -1.80. The number of hydrogen-bond donors (Lipinski definition) is 0. The molecule has 0 aliphatic heterocycles. The van der Waals surface area contributed by atoms with Gasteiger partial charge in [-0.15, -0.1) is 10.2 Å². The predicted octanol–water partition coefficient (Wildman–Crippen LogP) is 6.49. The van der Waals surface area contributed by atoms with Crippen molar-refractivity contribution in [3.05, 3.63) is 70.4 Å². The van der Waals surface area contributed by atoms with Crippen LogP contribution in [0.1, 0.15) is 21.6 Å². The van der Waals surface area contributed by atoms with Gasteiger partial charge >= 0.3 is 0 Å². The first-order valence-corrected chi connectivity index (χ1v) is 12.1. The molecule has 0 spiro atoms. The minimum Gasteiger partial charge on any atom is -0.284 e. The Balaban J connectivity index is 1.39. The highest BCUT2D eigenvalue weighted by Crippen LogP contribution is 2.32. The number of hydrogen-bond acceptors (Lipinski definition) is 6. The monoisotopic (exact) mass is 459 g/mol. The van der Waals surface area contributed by atoms with Crippen LogP contribution < -0.4 is 0 Å². The van der Waals surface area contributed by atoms with E-state index in [1.807, 2.05) is 54.0 Å². The lowest BCUT2D eigenvalue weighted by Gasteiger charge is -2.05. The van der Waals surface area contributed by atoms with E-state index in [1.165, 1.54) is 28.7 Å². The summed E-state index contributed by atoms with van der Waals surface area (Å²) in [5.41, 5.74) is 4.29. The summed E-state index contributed by atoms with van der Waals surface area (Å²) in [4.78, 5) is 12.9. The number of benzene rings is 2. The van der Waals surface area contributed by atoms with Crippen molar-refractivity contribution in [2.45, 2.75) is 28.3 Å². The number of nitrogens with zero attached hydrogens (tertiary/aromatic N) is 3. The molecule has 0 aliphatic carbocycles. The van der Waals surface area contributed by atoms with Crippen molar-refractivity contribution in [2.75, 3.05) is 5.75 Å². The molecule has 0 radical (unpaired) electrons. The molecule has 4 rings (SSSR count). The van der Waals surface area contributed by atoms with Crippen LogP contribution in [0.2, 0.25) is 5.02 Å². The van der Waals surface area contributed by atoms with Gasteiger partial charge in [0.2, 0.25) is 5.91 Å². The third-order valence-corrected chi connectivity index (χ3v) is 8.16. The van der Waals surface area contributed by atoms with Crippen molar-refractivity contribution in [3.63, 3.8) is 0 Å². The first-order chi connectivity index (χ1) is 14.0. The van der Waals surface area contributed by atoms with Gasteiger partial charge in [0, 0.05) is 21.9 Å². The zero-order chi connectivity index (χ0) is 20.4. The Morgan fingerprint density at radius 2 is 1.72 bits per heavy atom. The molecule has 0 N–H and O–H groups in total. The zero-order valence-corrected chi connectivity index (χ0v) is 19.1. The van der Waals surface area contributed by atoms with Crippen molar-refractivity contribution < 1.29 is 4.79 Å². The van der Waals surface area contributed by atoms with Gasteiger partial charge in [-0.3, -0.25) is 9.36 Å². The van der Waals surface area contributed by atoms with Crippen LogP contribution in [0.4, 0.5) is 0 Å². The topological polar surface area (TPSA) is 47.8 Å². The second-order valence-electron chi connectivity index (χ2n) is 6.49. The molecule has 0 unspecified atom stereocenters. The van der Waals surface area contributed by atoms with Crippen molar-refractivity contribution in [1.29, 1.82) is 0 Å². The Kier molecular flexibility index (Phi) is 6.29. The molecule has 148 valence electrons. The number of rotatable bonds is 6. The third-order valence-electron chi connectivity index (χ3n) is 4.66. The molecule has 2 heterocycles. The van der Waals surface area contributed by atoms with Gasteiger partial charge in [-0.2, -0.15) is 0 Å². The lowest BCUT2D eigenvalue weighted by molar-refractivity contribution is 0.0945. The maximum atomic E-state index is 12.9. The van der Waals surface area contributed by atoms with E-state index in [4.69, 9.17) is 11.6 Å². The summed E-state index contributed by atoms with van der Waals surface area (Å²) in [7, 11) is 0. The molecule has 0 fully saturated rings. The Labute approximate surface area is 186 Å². The first kappa shape index (κ1) is 20.5. The van der Waals surface area contributed by atoms with Crippen molar-refractivity contribution in [1.82, 2.24) is 14.8 Å². The fourth-order valence-electron chi connectivity index (χ4n) is 3.08. The molecule has 0 aliphatic rings. The fourth-order valence-corrected chi connectivity index (χ4v) is 6.03. The van der Waals surface area contributed by atoms with E-state index in [9.17, 15) is 4.79 Å². The molecular weight excluding hydrogens is 442 g/mol. The summed E-state index contributed by atoms with van der Waals surface area (Å²) in [6.07, 6.45) is 0. The summed E-state index contributed by atoms with van der Waals surface area (Å²) in [5, 5.41) is 10.3. The van der Waals surface area contributed by atoms with Gasteiger partial charge in [-0.05, 0) is 43.2 Å². The molecule has 0 saturated carbocycles. The second-order valence-corrected chi connectivity index (χ2v) is 10.4. The number of halogens is 1. The minimum atomic E-state index is 0.0577. The molecule has 0 bridgehead atoms. The Morgan fingerprint density at radius 3 is 2.48 bits per heavy atom. The highest BCUT2D eigenvalue weighted by molar-refractivity contribution is 8.03. The molecule has 0 amide bonds. The SMILES string of the molecule is Cc1c(C)n(C(=O)CSc2nnc(SCc3ccc(Cl)cc3)s2)c2ccccc12. The molecule has 0 atom stereocenters. The van der Waals surface area contributed by atoms with E-state index in [-0.39, 0.29) is 5.91 Å². The third kappa shape index (κ3) is 4.53. The Morgan fingerprint density at radius 1 is 1.03 bits per heavy atom. The number of carbonyl (C=O) groups excluding carboxylic acids is 1. The Bertz CT molecular complexity index is 1170. The smallest absolute Gasteiger partial charge is 0.241 e. The van der Waals surface area contributed by atoms with Crippen LogP contribution in [-0.4, -0.2) is 26.4 Å². The van der Waals surface area contributed by atoms with E-state index >= 15 is 0 Å². The molecule has 2 aromatic carbocycles. The van der Waals surface area contributed by atoms with Crippen LogP contribution >= 0.6 is 46.5 Å². The van der Waals surface area contributed by atoms with E-state index in [2.05, 4.69) is 23.2 Å². The number of aromatic nitrogens is 3. The average molecular weight is 460 g/mol. The molecule has 4 aromatic rings. The van der Waals surface area contributed by atoms with E-state index in [1.54, 1.807) is 11.8 Å². The molecule has 0 saturated heterocycles. The molecule has 4 nitrogen and oxygen atoms in total. The van der Waals surface area contributed by atoms with Gasteiger partial charge in [0.05, 0.1) is 11.3 Å². The number of fused-ring (bicyclic) bond motifs is 1. The van der Waals surface area contributed by atoms with Crippen molar-refractivity contribution >= 4 is 63.3 Å². The summed E-state index contributed by atoms with van der Waals surface area (Å²) >= 11 is 10.5. The minimum absolute atomic E-state index is 0.0577. The van der Waals surface area contributed by atoms with Crippen LogP contribution in [0.3, 0.4) is 0 Å². The summed E-state index contributed by atoms with van der Waals surface area (Å²) in [6.45, 7) is 4.05. The van der Waals surface area contributed by atoms with Gasteiger partial charge in [-0.1, -0.05) is 76.8 Å². The first-order valence-electron chi connectivity index (χ1n) is 8.96. The molecule has 2 aromatic heterocycles. The number of carbonyl (C=O) groups is 1. The average Bonchev–Trinajstić information content (AvgIpc) is 3.29. The summed E-state index contributed by atoms with van der Waals surface area (Å²) < 4.78 is 3.52. The lowest BCUT2D eigenvalue weighted by atomic mass is 10.2. The summed E-state index contributed by atoms with van der Waals surface area (Å²) in [6, 6.07) is 15.8. The highest BCUT2D eigenvalue weighted by atomic mass is 35.5. The van der Waals surface area contributed by atoms with E-state index < -0.39 is 0 Å². The molecular formula is C21H18ClN3OS3. The summed E-state index contributed by atoms with van der Waals surface area (Å²) in [5.74, 6) is 1.20. The van der Waals surface area contributed by atoms with Gasteiger partial charge in [-0.25, -0.2) is 0 Å². The number of aryl methyl sites for hydroxylation is 1. The maximum absolute atomic E-state index is 12.9. The van der Waals surface area contributed by atoms with Crippen LogP contribution in [0.25, 0.3) is 10.9 Å². The van der Waals surface area contributed by atoms with Gasteiger partial charge in [0.25, 0.3) is 0 Å². The lowest BCUT2D eigenvalue weighted by Crippen LogP contribution is -2.14.